The first kappa shape index (κ1) is 23.2. The van der Waals surface area contributed by atoms with Crippen LogP contribution < -0.4 is 5.32 Å². The minimum absolute atomic E-state index is 0.0334. The fraction of sp³-hybridized carbons (Fsp3) is 0.500. The van der Waals surface area contributed by atoms with E-state index >= 15 is 0 Å². The van der Waals surface area contributed by atoms with Crippen LogP contribution in [0.25, 0.3) is 10.2 Å². The summed E-state index contributed by atoms with van der Waals surface area (Å²) in [6, 6.07) is 14.2. The van der Waals surface area contributed by atoms with Crippen molar-refractivity contribution in [3.05, 3.63) is 58.6 Å². The second kappa shape index (κ2) is 9.21. The SMILES string of the molecule is CCc1cc2c(cc3n2C[C@@](C)(C(=O)NC2CCCCCC2)N([C@H](C)c2ccccc2)C3=O)s1. The van der Waals surface area contributed by atoms with Crippen molar-refractivity contribution >= 4 is 33.4 Å². The number of carbonyl (C=O) groups excluding carboxylic acids is 2. The molecule has 0 saturated heterocycles. The second-order valence-electron chi connectivity index (χ2n) is 10.1. The molecule has 5 nitrogen and oxygen atoms in total. The molecule has 2 amide bonds. The fourth-order valence-electron chi connectivity index (χ4n) is 5.78. The van der Waals surface area contributed by atoms with E-state index in [-0.39, 0.29) is 23.9 Å². The Bertz CT molecular complexity index is 1190. The molecule has 1 aliphatic heterocycles. The number of fused-ring (bicyclic) bond motifs is 3. The van der Waals surface area contributed by atoms with Crippen molar-refractivity contribution < 1.29 is 9.59 Å². The normalized spacial score (nSPS) is 22.4. The lowest BCUT2D eigenvalue weighted by Gasteiger charge is -2.47. The molecule has 1 saturated carbocycles. The van der Waals surface area contributed by atoms with Crippen molar-refractivity contribution in [2.75, 3.05) is 0 Å². The molecule has 0 spiro atoms. The third-order valence-electron chi connectivity index (χ3n) is 7.77. The summed E-state index contributed by atoms with van der Waals surface area (Å²) in [4.78, 5) is 31.2. The van der Waals surface area contributed by atoms with Crippen LogP contribution in [0, 0.1) is 0 Å². The van der Waals surface area contributed by atoms with Gasteiger partial charge in [-0.15, -0.1) is 11.3 Å². The molecule has 1 aromatic carbocycles. The number of nitrogens with one attached hydrogen (secondary N) is 1. The predicted molar refractivity (Wildman–Crippen MR) is 138 cm³/mol. The zero-order chi connectivity index (χ0) is 23.9. The highest BCUT2D eigenvalue weighted by Gasteiger charge is 2.50. The van der Waals surface area contributed by atoms with Crippen LogP contribution in [0.2, 0.25) is 0 Å². The summed E-state index contributed by atoms with van der Waals surface area (Å²) in [5.74, 6) is -0.100. The van der Waals surface area contributed by atoms with Crippen LogP contribution >= 0.6 is 11.3 Å². The molecule has 2 atom stereocenters. The minimum Gasteiger partial charge on any atom is -0.351 e. The molecule has 3 heterocycles. The van der Waals surface area contributed by atoms with E-state index < -0.39 is 5.54 Å². The predicted octanol–water partition coefficient (Wildman–Crippen LogP) is 6.08. The van der Waals surface area contributed by atoms with E-state index in [1.54, 1.807) is 11.3 Å². The molecule has 3 aromatic rings. The van der Waals surface area contributed by atoms with E-state index in [4.69, 9.17) is 0 Å². The highest BCUT2D eigenvalue weighted by atomic mass is 32.1. The average molecular weight is 478 g/mol. The monoisotopic (exact) mass is 477 g/mol. The maximum absolute atomic E-state index is 14.1. The first-order valence-corrected chi connectivity index (χ1v) is 13.6. The van der Waals surface area contributed by atoms with E-state index in [1.807, 2.05) is 55.1 Å². The maximum atomic E-state index is 14.1. The lowest BCUT2D eigenvalue weighted by Crippen LogP contribution is -2.65. The van der Waals surface area contributed by atoms with E-state index in [9.17, 15) is 9.59 Å². The van der Waals surface area contributed by atoms with Gasteiger partial charge in [-0.1, -0.05) is 62.9 Å². The average Bonchev–Trinajstić information content (AvgIpc) is 3.28. The molecule has 34 heavy (non-hydrogen) atoms. The third-order valence-corrected chi connectivity index (χ3v) is 8.99. The van der Waals surface area contributed by atoms with Gasteiger partial charge in [0, 0.05) is 10.9 Å². The molecular formula is C28H35N3O2S. The molecule has 1 fully saturated rings. The fourth-order valence-corrected chi connectivity index (χ4v) is 6.82. The second-order valence-corrected chi connectivity index (χ2v) is 11.3. The van der Waals surface area contributed by atoms with Crippen molar-refractivity contribution in [2.24, 2.45) is 0 Å². The van der Waals surface area contributed by atoms with Gasteiger partial charge in [-0.3, -0.25) is 9.59 Å². The maximum Gasteiger partial charge on any atom is 0.272 e. The molecule has 0 radical (unpaired) electrons. The molecular weight excluding hydrogens is 442 g/mol. The molecule has 2 aromatic heterocycles. The Morgan fingerprint density at radius 3 is 2.53 bits per heavy atom. The summed E-state index contributed by atoms with van der Waals surface area (Å²) >= 11 is 1.75. The number of hydrogen-bond acceptors (Lipinski definition) is 3. The Morgan fingerprint density at radius 2 is 1.85 bits per heavy atom. The minimum atomic E-state index is -0.980. The van der Waals surface area contributed by atoms with Gasteiger partial charge in [0.1, 0.15) is 11.2 Å². The van der Waals surface area contributed by atoms with Crippen LogP contribution in [0.3, 0.4) is 0 Å². The van der Waals surface area contributed by atoms with E-state index in [0.717, 1.165) is 47.9 Å². The molecule has 6 heteroatoms. The Labute approximate surface area is 206 Å². The van der Waals surface area contributed by atoms with Gasteiger partial charge in [-0.2, -0.15) is 0 Å². The molecule has 1 aliphatic carbocycles. The largest absolute Gasteiger partial charge is 0.351 e. The van der Waals surface area contributed by atoms with Crippen LogP contribution in [0.15, 0.2) is 42.5 Å². The molecule has 0 bridgehead atoms. The van der Waals surface area contributed by atoms with Gasteiger partial charge >= 0.3 is 0 Å². The number of aryl methyl sites for hydroxylation is 1. The Kier molecular flexibility index (Phi) is 6.28. The van der Waals surface area contributed by atoms with Crippen LogP contribution in [0.1, 0.15) is 86.3 Å². The third kappa shape index (κ3) is 3.96. The van der Waals surface area contributed by atoms with Crippen LogP contribution in [0.5, 0.6) is 0 Å². The van der Waals surface area contributed by atoms with Crippen molar-refractivity contribution in [1.82, 2.24) is 14.8 Å². The zero-order valence-electron chi connectivity index (χ0n) is 20.5. The van der Waals surface area contributed by atoms with Crippen molar-refractivity contribution in [2.45, 2.75) is 89.9 Å². The summed E-state index contributed by atoms with van der Waals surface area (Å²) in [6.45, 7) is 6.62. The highest BCUT2D eigenvalue weighted by molar-refractivity contribution is 7.19. The van der Waals surface area contributed by atoms with Gasteiger partial charge in [0.2, 0.25) is 5.91 Å². The number of thiophene rings is 1. The molecule has 0 unspecified atom stereocenters. The van der Waals surface area contributed by atoms with Gasteiger partial charge in [0.15, 0.2) is 0 Å². The van der Waals surface area contributed by atoms with E-state index in [2.05, 4.69) is 22.9 Å². The quantitative estimate of drug-likeness (QED) is 0.453. The lowest BCUT2D eigenvalue weighted by molar-refractivity contribution is -0.135. The first-order valence-electron chi connectivity index (χ1n) is 12.7. The summed E-state index contributed by atoms with van der Waals surface area (Å²) in [5, 5.41) is 3.37. The van der Waals surface area contributed by atoms with Crippen LogP contribution in [-0.2, 0) is 17.8 Å². The van der Waals surface area contributed by atoms with Gasteiger partial charge < -0.3 is 14.8 Å². The number of aromatic nitrogens is 1. The Balaban J connectivity index is 1.56. The van der Waals surface area contributed by atoms with Gasteiger partial charge in [-0.25, -0.2) is 0 Å². The molecule has 5 rings (SSSR count). The number of nitrogens with zero attached hydrogens (tertiary/aromatic N) is 2. The van der Waals surface area contributed by atoms with Crippen molar-refractivity contribution in [1.29, 1.82) is 0 Å². The number of benzene rings is 1. The standard InChI is InChI=1S/C28H35N3O2S/c1-4-22-16-23-25(34-22)17-24-26(32)31(19(2)20-12-8-7-9-13-20)28(3,18-30(23)24)27(33)29-21-14-10-5-6-11-15-21/h7-9,12-13,16-17,19,21H,4-6,10-11,14-15,18H2,1-3H3,(H,29,33)/t19-,28+/m1/s1. The van der Waals surface area contributed by atoms with E-state index in [0.29, 0.717) is 12.2 Å². The molecule has 1 N–H and O–H groups in total. The summed E-state index contributed by atoms with van der Waals surface area (Å²) in [6.07, 6.45) is 7.80. The molecule has 180 valence electrons. The number of rotatable bonds is 5. The zero-order valence-corrected chi connectivity index (χ0v) is 21.3. The van der Waals surface area contributed by atoms with Crippen molar-refractivity contribution in [3.8, 4) is 0 Å². The first-order chi connectivity index (χ1) is 16.4. The van der Waals surface area contributed by atoms with Gasteiger partial charge in [0.05, 0.1) is 22.8 Å². The smallest absolute Gasteiger partial charge is 0.272 e. The van der Waals surface area contributed by atoms with Gasteiger partial charge in [0.25, 0.3) is 5.91 Å². The van der Waals surface area contributed by atoms with Crippen molar-refractivity contribution in [3.63, 3.8) is 0 Å². The van der Waals surface area contributed by atoms with Gasteiger partial charge in [-0.05, 0) is 50.8 Å². The van der Waals surface area contributed by atoms with Crippen LogP contribution in [-0.4, -0.2) is 32.9 Å². The summed E-state index contributed by atoms with van der Waals surface area (Å²) in [5.41, 5.74) is 1.82. The van der Waals surface area contributed by atoms with E-state index in [1.165, 1.54) is 17.7 Å². The highest BCUT2D eigenvalue weighted by Crippen LogP contribution is 2.40. The Hall–Kier alpha value is -2.60. The summed E-state index contributed by atoms with van der Waals surface area (Å²) in [7, 11) is 0. The van der Waals surface area contributed by atoms with Crippen LogP contribution in [0.4, 0.5) is 0 Å². The Morgan fingerprint density at radius 1 is 1.15 bits per heavy atom. The summed E-state index contributed by atoms with van der Waals surface area (Å²) < 4.78 is 3.22. The molecule has 2 aliphatic rings. The lowest BCUT2D eigenvalue weighted by atomic mass is 9.90. The number of amides is 2. The number of carbonyl (C=O) groups is 2. The topological polar surface area (TPSA) is 54.3 Å². The number of hydrogen-bond donors (Lipinski definition) is 1.